The number of ether oxygens (including phenoxy) is 1. The van der Waals surface area contributed by atoms with Crippen molar-refractivity contribution in [1.82, 2.24) is 0 Å². The van der Waals surface area contributed by atoms with Crippen molar-refractivity contribution in [1.29, 1.82) is 0 Å². The van der Waals surface area contributed by atoms with Gasteiger partial charge in [-0.2, -0.15) is 0 Å². The van der Waals surface area contributed by atoms with Gasteiger partial charge in [0.15, 0.2) is 17.1 Å². The summed E-state index contributed by atoms with van der Waals surface area (Å²) in [5.41, 5.74) is -5.10. The summed E-state index contributed by atoms with van der Waals surface area (Å²) in [5.74, 6) is -2.79. The van der Waals surface area contributed by atoms with Crippen LogP contribution in [0.4, 0.5) is 4.39 Å². The molecular weight excluding hydrogens is 403 g/mol. The zero-order valence-corrected chi connectivity index (χ0v) is 18.5. The second-order valence-corrected chi connectivity index (χ2v) is 10.3. The van der Waals surface area contributed by atoms with Gasteiger partial charge in [-0.1, -0.05) is 25.5 Å². The molecule has 0 aromatic carbocycles. The van der Waals surface area contributed by atoms with Gasteiger partial charge >= 0.3 is 5.97 Å². The minimum Gasteiger partial charge on any atom is -0.450 e. The summed E-state index contributed by atoms with van der Waals surface area (Å²) in [5, 5.41) is 21.1. The lowest BCUT2D eigenvalue weighted by molar-refractivity contribution is -0.227. The largest absolute Gasteiger partial charge is 0.450 e. The molecule has 170 valence electrons. The fraction of sp³-hybridized carbons (Fsp3) is 0.708. The number of hydrogen-bond acceptors (Lipinski definition) is 6. The molecule has 0 aromatic rings. The van der Waals surface area contributed by atoms with Crippen LogP contribution >= 0.6 is 0 Å². The minimum atomic E-state index is -2.02. The van der Waals surface area contributed by atoms with Crippen LogP contribution in [0.2, 0.25) is 0 Å². The number of fused-ring (bicyclic) bond motifs is 5. The molecule has 3 fully saturated rings. The third-order valence-electron chi connectivity index (χ3n) is 9.04. The molecule has 4 aliphatic carbocycles. The van der Waals surface area contributed by atoms with Crippen molar-refractivity contribution in [3.8, 4) is 0 Å². The quantitative estimate of drug-likeness (QED) is 0.662. The molecule has 1 unspecified atom stereocenters. The summed E-state index contributed by atoms with van der Waals surface area (Å²) in [4.78, 5) is 37.0. The summed E-state index contributed by atoms with van der Waals surface area (Å²) in [7, 11) is 0. The average Bonchev–Trinajstić information content (AvgIpc) is 2.90. The van der Waals surface area contributed by atoms with Crippen LogP contribution in [0.3, 0.4) is 0 Å². The zero-order valence-electron chi connectivity index (χ0n) is 18.5. The summed E-state index contributed by atoms with van der Waals surface area (Å²) in [6.45, 7) is 5.74. The number of hydrogen-bond donors (Lipinski definition) is 2. The number of Topliss-reactive ketones (excluding diaryl/α,β-unsaturated/α-hetero) is 1. The average molecular weight is 435 g/mol. The molecule has 0 saturated heterocycles. The zero-order chi connectivity index (χ0) is 23.0. The fourth-order valence-electron chi connectivity index (χ4n) is 7.74. The number of ketones is 2. The second-order valence-electron chi connectivity index (χ2n) is 10.3. The van der Waals surface area contributed by atoms with E-state index in [1.165, 1.54) is 19.1 Å². The van der Waals surface area contributed by atoms with Crippen molar-refractivity contribution in [3.63, 3.8) is 0 Å². The van der Waals surface area contributed by atoms with E-state index in [4.69, 9.17) is 4.74 Å². The number of carbonyl (C=O) groups excluding carboxylic acids is 3. The Labute approximate surface area is 181 Å². The molecule has 0 spiro atoms. The van der Waals surface area contributed by atoms with E-state index in [0.717, 1.165) is 0 Å². The first-order chi connectivity index (χ1) is 14.4. The Morgan fingerprint density at radius 1 is 1.29 bits per heavy atom. The molecule has 4 rings (SSSR count). The van der Waals surface area contributed by atoms with Crippen molar-refractivity contribution in [3.05, 3.63) is 23.8 Å². The maximum atomic E-state index is 17.1. The molecule has 0 heterocycles. The van der Waals surface area contributed by atoms with Gasteiger partial charge in [0.25, 0.3) is 0 Å². The number of alkyl halides is 1. The van der Waals surface area contributed by atoms with Gasteiger partial charge in [0.05, 0.1) is 6.10 Å². The minimum absolute atomic E-state index is 0.0846. The molecular formula is C24H31FO6. The molecule has 3 saturated carbocycles. The second kappa shape index (κ2) is 6.82. The van der Waals surface area contributed by atoms with E-state index in [-0.39, 0.29) is 18.1 Å². The van der Waals surface area contributed by atoms with Crippen LogP contribution in [0.5, 0.6) is 0 Å². The van der Waals surface area contributed by atoms with Crippen LogP contribution in [0, 0.1) is 28.6 Å². The predicted octanol–water partition coefficient (Wildman–Crippen LogP) is 2.47. The Bertz CT molecular complexity index is 910. The highest BCUT2D eigenvalue weighted by atomic mass is 19.1. The Hall–Kier alpha value is -1.86. The first kappa shape index (κ1) is 22.3. The van der Waals surface area contributed by atoms with Crippen LogP contribution in [0.25, 0.3) is 0 Å². The number of rotatable bonds is 3. The van der Waals surface area contributed by atoms with E-state index in [1.807, 2.05) is 0 Å². The number of carbonyl (C=O) groups is 3. The third-order valence-corrected chi connectivity index (χ3v) is 9.04. The highest BCUT2D eigenvalue weighted by molar-refractivity contribution is 6.01. The van der Waals surface area contributed by atoms with E-state index in [0.29, 0.717) is 24.8 Å². The summed E-state index contributed by atoms with van der Waals surface area (Å²) < 4.78 is 22.8. The molecule has 0 amide bonds. The van der Waals surface area contributed by atoms with Crippen LogP contribution < -0.4 is 0 Å². The first-order valence-electron chi connectivity index (χ1n) is 11.0. The molecule has 6 nitrogen and oxygen atoms in total. The van der Waals surface area contributed by atoms with E-state index in [2.05, 4.69) is 0 Å². The van der Waals surface area contributed by atoms with Crippen molar-refractivity contribution >= 4 is 17.5 Å². The van der Waals surface area contributed by atoms with E-state index in [1.54, 1.807) is 26.8 Å². The van der Waals surface area contributed by atoms with Crippen LogP contribution in [0.15, 0.2) is 23.8 Å². The van der Waals surface area contributed by atoms with Crippen molar-refractivity contribution in [2.45, 2.75) is 70.8 Å². The maximum absolute atomic E-state index is 17.1. The number of aliphatic hydroxyl groups excluding tert-OH is 2. The molecule has 0 bridgehead atoms. The fourth-order valence-corrected chi connectivity index (χ4v) is 7.74. The lowest BCUT2D eigenvalue weighted by Gasteiger charge is -2.62. The summed E-state index contributed by atoms with van der Waals surface area (Å²) in [6.07, 6.45) is 4.29. The van der Waals surface area contributed by atoms with Gasteiger partial charge in [-0.3, -0.25) is 14.4 Å². The van der Waals surface area contributed by atoms with E-state index in [9.17, 15) is 24.6 Å². The highest BCUT2D eigenvalue weighted by Gasteiger charge is 2.77. The van der Waals surface area contributed by atoms with E-state index < -0.39 is 58.4 Å². The molecule has 0 aromatic heterocycles. The monoisotopic (exact) mass is 434 g/mol. The van der Waals surface area contributed by atoms with Gasteiger partial charge in [0.1, 0.15) is 6.61 Å². The van der Waals surface area contributed by atoms with E-state index >= 15 is 4.39 Å². The van der Waals surface area contributed by atoms with Crippen molar-refractivity contribution in [2.75, 3.05) is 6.61 Å². The molecule has 0 aliphatic heterocycles. The number of halogens is 1. The van der Waals surface area contributed by atoms with Crippen molar-refractivity contribution in [2.24, 2.45) is 28.6 Å². The van der Waals surface area contributed by atoms with Gasteiger partial charge in [-0.15, -0.1) is 0 Å². The predicted molar refractivity (Wildman–Crippen MR) is 109 cm³/mol. The highest BCUT2D eigenvalue weighted by Crippen LogP contribution is 2.71. The van der Waals surface area contributed by atoms with Gasteiger partial charge in [-0.05, 0) is 50.7 Å². The lowest BCUT2D eigenvalue weighted by atomic mass is 9.44. The van der Waals surface area contributed by atoms with Crippen LogP contribution in [0.1, 0.15) is 53.4 Å². The summed E-state index contributed by atoms with van der Waals surface area (Å²) >= 11 is 0. The Kier molecular flexibility index (Phi) is 4.91. The van der Waals surface area contributed by atoms with Crippen LogP contribution in [-0.4, -0.2) is 51.7 Å². The molecule has 31 heavy (non-hydrogen) atoms. The van der Waals surface area contributed by atoms with Crippen LogP contribution in [-0.2, 0) is 19.1 Å². The van der Waals surface area contributed by atoms with Gasteiger partial charge in [0, 0.05) is 29.6 Å². The molecule has 7 heteroatoms. The first-order valence-corrected chi connectivity index (χ1v) is 11.0. The Morgan fingerprint density at radius 2 is 1.97 bits per heavy atom. The number of esters is 1. The molecule has 8 atom stereocenters. The van der Waals surface area contributed by atoms with Gasteiger partial charge in [-0.25, -0.2) is 4.39 Å². The normalized spacial score (nSPS) is 48.4. The Balaban J connectivity index is 1.86. The molecule has 0 radical (unpaired) electrons. The maximum Gasteiger partial charge on any atom is 0.303 e. The number of allylic oxidation sites excluding steroid dienone is 4. The van der Waals surface area contributed by atoms with Crippen molar-refractivity contribution < 1.29 is 33.7 Å². The standard InChI is InChI=1S/C24H31FO6/c1-13-9-18-17-6-5-15-10-16(28)7-8-21(15,3)23(17,25)19(29)11-22(18,4)24(13,20(30)12-26)31-14(2)27/h7-8,10,13,17-19,26,29H,5-6,9,11-12H2,1-4H3/t13-,17?,18-,19-,21-,22-,23-,24-/m0/s1. The van der Waals surface area contributed by atoms with Gasteiger partial charge < -0.3 is 14.9 Å². The molecule has 4 aliphatic rings. The third kappa shape index (κ3) is 2.53. The smallest absolute Gasteiger partial charge is 0.303 e. The molecule has 2 N–H and O–H groups in total. The Morgan fingerprint density at radius 3 is 2.58 bits per heavy atom. The number of aliphatic hydroxyl groups is 2. The van der Waals surface area contributed by atoms with Gasteiger partial charge in [0.2, 0.25) is 5.78 Å². The lowest BCUT2D eigenvalue weighted by Crippen LogP contribution is -2.70. The SMILES string of the molecule is CC(=O)O[C@]1(C(=O)CO)[C@@H](C)C[C@H]2C3CCC4=CC(=O)C=C[C@]4(C)[C@@]3(F)[C@@H](O)C[C@@]21C. The summed E-state index contributed by atoms with van der Waals surface area (Å²) in [6, 6.07) is 0. The topological polar surface area (TPSA) is 101 Å².